The van der Waals surface area contributed by atoms with Gasteiger partial charge < -0.3 is 4.52 Å². The number of aryl methyl sites for hydroxylation is 2. The molecule has 0 aliphatic heterocycles. The molecule has 1 aromatic heterocycles. The number of hydrogen-bond donors (Lipinski definition) is 1. The van der Waals surface area contributed by atoms with Gasteiger partial charge in [0.1, 0.15) is 10.6 Å². The molecule has 5 nitrogen and oxygen atoms in total. The van der Waals surface area contributed by atoms with Crippen molar-refractivity contribution in [1.29, 1.82) is 0 Å². The molecule has 0 saturated heterocycles. The van der Waals surface area contributed by atoms with Gasteiger partial charge in [-0.3, -0.25) is 0 Å². The summed E-state index contributed by atoms with van der Waals surface area (Å²) in [5, 5.41) is 3.70. The molecule has 0 fully saturated rings. The maximum Gasteiger partial charge on any atom is 0.246 e. The van der Waals surface area contributed by atoms with E-state index in [1.807, 2.05) is 31.2 Å². The van der Waals surface area contributed by atoms with E-state index in [1.165, 1.54) is 0 Å². The minimum absolute atomic E-state index is 0.123. The normalized spacial score (nSPS) is 13.3. The Hall–Kier alpha value is -1.18. The van der Waals surface area contributed by atoms with Crippen molar-refractivity contribution in [2.45, 2.75) is 38.1 Å². The Bertz CT molecular complexity index is 704. The summed E-state index contributed by atoms with van der Waals surface area (Å²) < 4.78 is 33.7. The van der Waals surface area contributed by atoms with Crippen LogP contribution in [0.1, 0.15) is 36.4 Å². The summed E-state index contributed by atoms with van der Waals surface area (Å²) in [6.45, 7) is 5.14. The molecular formula is C14H17BrN2O3S. The molecule has 2 aromatic rings. The first-order valence-corrected chi connectivity index (χ1v) is 8.83. The second kappa shape index (κ2) is 6.29. The van der Waals surface area contributed by atoms with Crippen molar-refractivity contribution in [3.8, 4) is 0 Å². The van der Waals surface area contributed by atoms with Crippen molar-refractivity contribution in [3.05, 3.63) is 45.8 Å². The fourth-order valence-electron chi connectivity index (χ4n) is 2.19. The van der Waals surface area contributed by atoms with Crippen LogP contribution in [0.15, 0.2) is 38.2 Å². The third-order valence-corrected chi connectivity index (χ3v) is 5.46. The van der Waals surface area contributed by atoms with E-state index in [4.69, 9.17) is 4.52 Å². The Morgan fingerprint density at radius 3 is 2.38 bits per heavy atom. The number of nitrogens with one attached hydrogen (secondary N) is 1. The average molecular weight is 373 g/mol. The zero-order valence-corrected chi connectivity index (χ0v) is 14.5. The van der Waals surface area contributed by atoms with Crippen LogP contribution in [0.25, 0.3) is 0 Å². The predicted molar refractivity (Wildman–Crippen MR) is 83.5 cm³/mol. The van der Waals surface area contributed by atoms with E-state index in [0.29, 0.717) is 17.9 Å². The van der Waals surface area contributed by atoms with Crippen molar-refractivity contribution in [2.24, 2.45) is 0 Å². The molecule has 0 spiro atoms. The number of hydrogen-bond acceptors (Lipinski definition) is 4. The highest BCUT2D eigenvalue weighted by atomic mass is 79.9. The highest BCUT2D eigenvalue weighted by molar-refractivity contribution is 9.10. The van der Waals surface area contributed by atoms with Crippen LogP contribution >= 0.6 is 15.9 Å². The van der Waals surface area contributed by atoms with Gasteiger partial charge in [0.2, 0.25) is 10.0 Å². The topological polar surface area (TPSA) is 72.2 Å². The zero-order valence-electron chi connectivity index (χ0n) is 12.1. The number of sulfonamides is 1. The van der Waals surface area contributed by atoms with Gasteiger partial charge >= 0.3 is 0 Å². The van der Waals surface area contributed by atoms with Gasteiger partial charge in [-0.25, -0.2) is 13.1 Å². The first-order chi connectivity index (χ1) is 9.85. The molecule has 0 aliphatic rings. The summed E-state index contributed by atoms with van der Waals surface area (Å²) in [4.78, 5) is 0.123. The smallest absolute Gasteiger partial charge is 0.246 e. The molecule has 1 heterocycles. The van der Waals surface area contributed by atoms with Crippen LogP contribution < -0.4 is 4.72 Å². The van der Waals surface area contributed by atoms with E-state index in [2.05, 4.69) is 25.8 Å². The van der Waals surface area contributed by atoms with E-state index >= 15 is 0 Å². The number of aromatic nitrogens is 1. The quantitative estimate of drug-likeness (QED) is 0.871. The third kappa shape index (κ3) is 3.53. The predicted octanol–water partition coefficient (Wildman–Crippen LogP) is 3.48. The van der Waals surface area contributed by atoms with Crippen molar-refractivity contribution >= 4 is 26.0 Å². The minimum Gasteiger partial charge on any atom is -0.360 e. The summed E-state index contributed by atoms with van der Waals surface area (Å²) in [6.07, 6.45) is 0.643. The van der Waals surface area contributed by atoms with Gasteiger partial charge in [0.25, 0.3) is 0 Å². The van der Waals surface area contributed by atoms with Gasteiger partial charge in [0, 0.05) is 10.5 Å². The van der Waals surface area contributed by atoms with Crippen molar-refractivity contribution < 1.29 is 12.9 Å². The maximum atomic E-state index is 12.5. The molecule has 114 valence electrons. The summed E-state index contributed by atoms with van der Waals surface area (Å²) in [7, 11) is -3.67. The molecule has 7 heteroatoms. The van der Waals surface area contributed by atoms with E-state index in [0.717, 1.165) is 10.0 Å². The fourth-order valence-corrected chi connectivity index (χ4v) is 4.09. The summed E-state index contributed by atoms with van der Waals surface area (Å²) in [5.41, 5.74) is 1.28. The average Bonchev–Trinajstić information content (AvgIpc) is 2.77. The molecule has 0 unspecified atom stereocenters. The van der Waals surface area contributed by atoms with Crippen molar-refractivity contribution in [2.75, 3.05) is 0 Å². The molecular weight excluding hydrogens is 356 g/mol. The Labute approximate surface area is 132 Å². The molecule has 21 heavy (non-hydrogen) atoms. The fraction of sp³-hybridized carbons (Fsp3) is 0.357. The molecule has 0 amide bonds. The van der Waals surface area contributed by atoms with E-state index in [1.54, 1.807) is 13.8 Å². The molecule has 0 aliphatic carbocycles. The summed E-state index contributed by atoms with van der Waals surface area (Å²) in [6, 6.07) is 7.28. The van der Waals surface area contributed by atoms with E-state index in [-0.39, 0.29) is 10.9 Å². The molecule has 1 N–H and O–H groups in total. The van der Waals surface area contributed by atoms with Crippen molar-refractivity contribution in [3.63, 3.8) is 0 Å². The second-order valence-electron chi connectivity index (χ2n) is 4.79. The van der Waals surface area contributed by atoms with Gasteiger partial charge in [-0.05, 0) is 38.0 Å². The van der Waals surface area contributed by atoms with Gasteiger partial charge in [0.05, 0.1) is 0 Å². The zero-order chi connectivity index (χ0) is 15.6. The lowest BCUT2D eigenvalue weighted by Crippen LogP contribution is -2.29. The first kappa shape index (κ1) is 16.2. The van der Waals surface area contributed by atoms with E-state index < -0.39 is 10.0 Å². The highest BCUT2D eigenvalue weighted by Gasteiger charge is 2.27. The molecule has 2 rings (SSSR count). The lowest BCUT2D eigenvalue weighted by Gasteiger charge is -2.17. The van der Waals surface area contributed by atoms with Gasteiger partial charge in [-0.2, -0.15) is 0 Å². The largest absolute Gasteiger partial charge is 0.360 e. The summed E-state index contributed by atoms with van der Waals surface area (Å²) in [5.74, 6) is 0.297. The number of halogens is 1. The Morgan fingerprint density at radius 1 is 1.29 bits per heavy atom. The van der Waals surface area contributed by atoms with Crippen LogP contribution in [0.2, 0.25) is 0 Å². The second-order valence-corrected chi connectivity index (χ2v) is 7.35. The van der Waals surface area contributed by atoms with Crippen LogP contribution in [0.5, 0.6) is 0 Å². The van der Waals surface area contributed by atoms with Crippen LogP contribution in [0.3, 0.4) is 0 Å². The SMILES string of the molecule is CC[C@@H](NS(=O)(=O)c1c(C)noc1C)c1ccc(Br)cc1. The number of rotatable bonds is 5. The summed E-state index contributed by atoms with van der Waals surface area (Å²) >= 11 is 3.37. The van der Waals surface area contributed by atoms with Crippen LogP contribution in [0.4, 0.5) is 0 Å². The monoisotopic (exact) mass is 372 g/mol. The van der Waals surface area contributed by atoms with Gasteiger partial charge in [-0.1, -0.05) is 40.1 Å². The lowest BCUT2D eigenvalue weighted by molar-refractivity contribution is 0.390. The standard InChI is InChI=1S/C14H17BrN2O3S/c1-4-13(11-5-7-12(15)8-6-11)17-21(18,19)14-9(2)16-20-10(14)3/h5-8,13,17H,4H2,1-3H3/t13-/m1/s1. The van der Waals surface area contributed by atoms with Crippen LogP contribution in [-0.4, -0.2) is 13.6 Å². The maximum absolute atomic E-state index is 12.5. The molecule has 0 bridgehead atoms. The van der Waals surface area contributed by atoms with Crippen LogP contribution in [0, 0.1) is 13.8 Å². The molecule has 0 radical (unpaired) electrons. The Kier molecular flexibility index (Phi) is 4.85. The Balaban J connectivity index is 2.32. The molecule has 1 aromatic carbocycles. The van der Waals surface area contributed by atoms with Crippen molar-refractivity contribution in [1.82, 2.24) is 9.88 Å². The minimum atomic E-state index is -3.67. The van der Waals surface area contributed by atoms with Gasteiger partial charge in [-0.15, -0.1) is 0 Å². The molecule has 1 atom stereocenters. The van der Waals surface area contributed by atoms with Crippen LogP contribution in [-0.2, 0) is 10.0 Å². The van der Waals surface area contributed by atoms with E-state index in [9.17, 15) is 8.42 Å². The Morgan fingerprint density at radius 2 is 1.90 bits per heavy atom. The number of benzene rings is 1. The first-order valence-electron chi connectivity index (χ1n) is 6.55. The molecule has 0 saturated carbocycles. The lowest BCUT2D eigenvalue weighted by atomic mass is 10.1. The third-order valence-electron chi connectivity index (χ3n) is 3.21. The number of nitrogens with zero attached hydrogens (tertiary/aromatic N) is 1. The van der Waals surface area contributed by atoms with Gasteiger partial charge in [0.15, 0.2) is 5.76 Å². The highest BCUT2D eigenvalue weighted by Crippen LogP contribution is 2.24.